The van der Waals surface area contributed by atoms with Gasteiger partial charge < -0.3 is 9.88 Å². The minimum atomic E-state index is 0.0454. The summed E-state index contributed by atoms with van der Waals surface area (Å²) in [6.45, 7) is 9.07. The van der Waals surface area contributed by atoms with Gasteiger partial charge in [-0.15, -0.1) is 10.2 Å². The van der Waals surface area contributed by atoms with Crippen LogP contribution < -0.4 is 5.32 Å². The van der Waals surface area contributed by atoms with Gasteiger partial charge in [0.1, 0.15) is 0 Å². The molecule has 1 aromatic heterocycles. The van der Waals surface area contributed by atoms with Gasteiger partial charge in [-0.2, -0.15) is 0 Å². The van der Waals surface area contributed by atoms with Gasteiger partial charge in [0.25, 0.3) is 0 Å². The monoisotopic (exact) mass is 346 g/mol. The highest BCUT2D eigenvalue weighted by atomic mass is 32.2. The van der Waals surface area contributed by atoms with Crippen LogP contribution in [0.1, 0.15) is 39.2 Å². The molecule has 0 radical (unpaired) electrons. The predicted molar refractivity (Wildman–Crippen MR) is 99.1 cm³/mol. The zero-order chi connectivity index (χ0) is 17.5. The van der Waals surface area contributed by atoms with Crippen molar-refractivity contribution in [3.8, 4) is 11.4 Å². The lowest BCUT2D eigenvalue weighted by Gasteiger charge is -2.12. The summed E-state index contributed by atoms with van der Waals surface area (Å²) in [5.41, 5.74) is 2.25. The highest BCUT2D eigenvalue weighted by Gasteiger charge is 2.16. The molecule has 1 aromatic carbocycles. The van der Waals surface area contributed by atoms with E-state index in [1.54, 1.807) is 0 Å². The van der Waals surface area contributed by atoms with Crippen molar-refractivity contribution in [2.45, 2.75) is 58.3 Å². The van der Waals surface area contributed by atoms with Crippen molar-refractivity contribution >= 4 is 17.7 Å². The number of carbonyl (C=O) groups excluding carboxylic acids is 1. The Labute approximate surface area is 148 Å². The predicted octanol–water partition coefficient (Wildman–Crippen LogP) is 3.67. The van der Waals surface area contributed by atoms with Crippen molar-refractivity contribution in [2.75, 3.05) is 5.75 Å². The number of amides is 1. The van der Waals surface area contributed by atoms with Crippen LogP contribution in [0.3, 0.4) is 0 Å². The number of benzene rings is 1. The molecule has 0 spiro atoms. The fourth-order valence-corrected chi connectivity index (χ4v) is 3.47. The third-order valence-electron chi connectivity index (χ3n) is 3.88. The van der Waals surface area contributed by atoms with Crippen LogP contribution in [0.5, 0.6) is 0 Å². The van der Waals surface area contributed by atoms with Crippen molar-refractivity contribution in [1.82, 2.24) is 20.1 Å². The Hall–Kier alpha value is -1.82. The number of thioether (sulfide) groups is 1. The molecule has 0 unspecified atom stereocenters. The van der Waals surface area contributed by atoms with Crippen LogP contribution in [0.25, 0.3) is 11.4 Å². The van der Waals surface area contributed by atoms with E-state index in [4.69, 9.17) is 0 Å². The van der Waals surface area contributed by atoms with Crippen LogP contribution in [0.4, 0.5) is 0 Å². The number of hydrogen-bond acceptors (Lipinski definition) is 4. The van der Waals surface area contributed by atoms with Gasteiger partial charge in [0.05, 0.1) is 5.75 Å². The molecule has 1 amide bonds. The molecule has 0 saturated heterocycles. The van der Waals surface area contributed by atoms with Crippen molar-refractivity contribution in [1.29, 1.82) is 0 Å². The third kappa shape index (κ3) is 4.60. The molecular formula is C18H26N4OS. The second kappa shape index (κ2) is 8.87. The summed E-state index contributed by atoms with van der Waals surface area (Å²) in [6, 6.07) is 8.36. The van der Waals surface area contributed by atoms with Crippen molar-refractivity contribution in [3.63, 3.8) is 0 Å². The summed E-state index contributed by atoms with van der Waals surface area (Å²) in [5, 5.41) is 12.4. The zero-order valence-corrected chi connectivity index (χ0v) is 15.7. The van der Waals surface area contributed by atoms with Gasteiger partial charge in [-0.05, 0) is 32.8 Å². The molecule has 0 saturated carbocycles. The molecule has 0 fully saturated rings. The largest absolute Gasteiger partial charge is 0.353 e. The molecular weight excluding hydrogens is 320 g/mol. The average Bonchev–Trinajstić information content (AvgIpc) is 2.96. The van der Waals surface area contributed by atoms with E-state index in [1.807, 2.05) is 19.1 Å². The number of nitrogens with zero attached hydrogens (tertiary/aromatic N) is 3. The Morgan fingerprint density at radius 1 is 1.29 bits per heavy atom. The van der Waals surface area contributed by atoms with E-state index in [1.165, 1.54) is 17.3 Å². The Morgan fingerprint density at radius 2 is 2.04 bits per heavy atom. The molecule has 0 aliphatic carbocycles. The highest BCUT2D eigenvalue weighted by molar-refractivity contribution is 7.99. The maximum absolute atomic E-state index is 12.0. The fourth-order valence-electron chi connectivity index (χ4n) is 2.66. The van der Waals surface area contributed by atoms with E-state index in [9.17, 15) is 4.79 Å². The molecule has 2 aromatic rings. The zero-order valence-electron chi connectivity index (χ0n) is 14.9. The maximum Gasteiger partial charge on any atom is 0.230 e. The van der Waals surface area contributed by atoms with Gasteiger partial charge in [0.2, 0.25) is 5.91 Å². The Kier molecular flexibility index (Phi) is 6.85. The number of rotatable bonds is 8. The summed E-state index contributed by atoms with van der Waals surface area (Å²) in [5.74, 6) is 1.27. The molecule has 0 aliphatic rings. The first-order valence-electron chi connectivity index (χ1n) is 8.48. The topological polar surface area (TPSA) is 59.8 Å². The van der Waals surface area contributed by atoms with Crippen molar-refractivity contribution in [2.24, 2.45) is 0 Å². The van der Waals surface area contributed by atoms with E-state index >= 15 is 0 Å². The van der Waals surface area contributed by atoms with Crippen LogP contribution in [0.2, 0.25) is 0 Å². The van der Waals surface area contributed by atoms with Gasteiger partial charge in [-0.25, -0.2) is 0 Å². The summed E-state index contributed by atoms with van der Waals surface area (Å²) >= 11 is 1.44. The summed E-state index contributed by atoms with van der Waals surface area (Å²) < 4.78 is 2.07. The first-order valence-corrected chi connectivity index (χ1v) is 9.46. The van der Waals surface area contributed by atoms with E-state index in [-0.39, 0.29) is 11.9 Å². The first kappa shape index (κ1) is 18.5. The number of aryl methyl sites for hydroxylation is 1. The molecule has 1 N–H and O–H groups in total. The van der Waals surface area contributed by atoms with Crippen LogP contribution in [-0.2, 0) is 11.3 Å². The molecule has 1 atom stereocenters. The summed E-state index contributed by atoms with van der Waals surface area (Å²) in [7, 11) is 0. The minimum absolute atomic E-state index is 0.0454. The Morgan fingerprint density at radius 3 is 2.71 bits per heavy atom. The second-order valence-electron chi connectivity index (χ2n) is 5.91. The number of nitrogens with one attached hydrogen (secondary N) is 1. The maximum atomic E-state index is 12.0. The normalized spacial score (nSPS) is 12.2. The van der Waals surface area contributed by atoms with Gasteiger partial charge in [-0.3, -0.25) is 4.79 Å². The van der Waals surface area contributed by atoms with E-state index < -0.39 is 0 Å². The number of aromatic nitrogens is 3. The average molecular weight is 347 g/mol. The second-order valence-corrected chi connectivity index (χ2v) is 6.85. The minimum Gasteiger partial charge on any atom is -0.353 e. The Bertz CT molecular complexity index is 683. The van der Waals surface area contributed by atoms with Gasteiger partial charge in [-0.1, -0.05) is 49.4 Å². The molecule has 0 aliphatic heterocycles. The quantitative estimate of drug-likeness (QED) is 0.741. The van der Waals surface area contributed by atoms with Crippen LogP contribution in [-0.4, -0.2) is 32.5 Å². The standard InChI is InChI=1S/C18H26N4OS/c1-5-9-14(4)19-16(23)12-24-18-21-20-17(22(18)6-2)15-11-8-7-10-13(15)3/h7-8,10-11,14H,5-6,9,12H2,1-4H3,(H,19,23)/t14-/m0/s1. The van der Waals surface area contributed by atoms with E-state index in [0.717, 1.165) is 35.9 Å². The van der Waals surface area contributed by atoms with Crippen LogP contribution in [0.15, 0.2) is 29.4 Å². The Balaban J connectivity index is 2.07. The van der Waals surface area contributed by atoms with Gasteiger partial charge in [0, 0.05) is 18.2 Å². The molecule has 24 heavy (non-hydrogen) atoms. The lowest BCUT2D eigenvalue weighted by Crippen LogP contribution is -2.33. The van der Waals surface area contributed by atoms with Crippen molar-refractivity contribution < 1.29 is 4.79 Å². The van der Waals surface area contributed by atoms with Crippen LogP contribution >= 0.6 is 11.8 Å². The van der Waals surface area contributed by atoms with Gasteiger partial charge >= 0.3 is 0 Å². The summed E-state index contributed by atoms with van der Waals surface area (Å²) in [6.07, 6.45) is 2.07. The third-order valence-corrected chi connectivity index (χ3v) is 4.85. The molecule has 1 heterocycles. The SMILES string of the molecule is CCC[C@H](C)NC(=O)CSc1nnc(-c2ccccc2C)n1CC. The molecule has 5 nitrogen and oxygen atoms in total. The fraction of sp³-hybridized carbons (Fsp3) is 0.500. The lowest BCUT2D eigenvalue weighted by molar-refractivity contribution is -0.119. The smallest absolute Gasteiger partial charge is 0.230 e. The van der Waals surface area contributed by atoms with E-state index in [2.05, 4.69) is 53.0 Å². The van der Waals surface area contributed by atoms with E-state index in [0.29, 0.717) is 5.75 Å². The van der Waals surface area contributed by atoms with Crippen LogP contribution in [0, 0.1) is 6.92 Å². The number of hydrogen-bond donors (Lipinski definition) is 1. The molecule has 130 valence electrons. The molecule has 6 heteroatoms. The summed E-state index contributed by atoms with van der Waals surface area (Å²) in [4.78, 5) is 12.0. The van der Waals surface area contributed by atoms with Crippen molar-refractivity contribution in [3.05, 3.63) is 29.8 Å². The first-order chi connectivity index (χ1) is 11.6. The lowest BCUT2D eigenvalue weighted by atomic mass is 10.1. The number of carbonyl (C=O) groups is 1. The highest BCUT2D eigenvalue weighted by Crippen LogP contribution is 2.26. The van der Waals surface area contributed by atoms with Gasteiger partial charge in [0.15, 0.2) is 11.0 Å². The molecule has 2 rings (SSSR count). The molecule has 0 bridgehead atoms.